The highest BCUT2D eigenvalue weighted by atomic mass is 79.9. The standard InChI is InChI=1S/C17H14BrN5/c18-12-9-13-15-5-7-20-23(15)17(21-16(13)19-10-12)22-8-6-11-3-1-2-4-14(11)22/h1-2,4-5,7,9-11H,3,6,8H2. The van der Waals surface area contributed by atoms with Crippen molar-refractivity contribution in [3.8, 4) is 0 Å². The molecule has 114 valence electrons. The average molecular weight is 368 g/mol. The molecular weight excluding hydrogens is 354 g/mol. The van der Waals surface area contributed by atoms with E-state index >= 15 is 0 Å². The summed E-state index contributed by atoms with van der Waals surface area (Å²) in [5.74, 6) is 1.46. The van der Waals surface area contributed by atoms with Crippen LogP contribution in [0.15, 0.2) is 52.9 Å². The molecule has 0 spiro atoms. The summed E-state index contributed by atoms with van der Waals surface area (Å²) in [5.41, 5.74) is 3.13. The van der Waals surface area contributed by atoms with Crippen molar-refractivity contribution < 1.29 is 0 Å². The molecule has 3 aromatic heterocycles. The summed E-state index contributed by atoms with van der Waals surface area (Å²) in [7, 11) is 0. The summed E-state index contributed by atoms with van der Waals surface area (Å²) in [5, 5.41) is 5.51. The van der Waals surface area contributed by atoms with Crippen molar-refractivity contribution in [1.82, 2.24) is 19.6 Å². The van der Waals surface area contributed by atoms with Crippen LogP contribution in [0.5, 0.6) is 0 Å². The second kappa shape index (κ2) is 4.89. The van der Waals surface area contributed by atoms with E-state index < -0.39 is 0 Å². The van der Waals surface area contributed by atoms with E-state index in [1.165, 1.54) is 5.70 Å². The van der Waals surface area contributed by atoms with Crippen molar-refractivity contribution in [2.75, 3.05) is 11.4 Å². The van der Waals surface area contributed by atoms with E-state index in [1.807, 2.05) is 22.8 Å². The topological polar surface area (TPSA) is 46.3 Å². The Morgan fingerprint density at radius 3 is 3.22 bits per heavy atom. The van der Waals surface area contributed by atoms with Gasteiger partial charge in [-0.3, -0.25) is 0 Å². The SMILES string of the molecule is Brc1cnc2nc(N3CCC4CC=CC=C43)n3nccc3c2c1. The van der Waals surface area contributed by atoms with Gasteiger partial charge < -0.3 is 4.90 Å². The molecule has 0 amide bonds. The first kappa shape index (κ1) is 13.2. The third kappa shape index (κ3) is 1.94. The Balaban J connectivity index is 1.77. The highest BCUT2D eigenvalue weighted by Crippen LogP contribution is 2.37. The predicted octanol–water partition coefficient (Wildman–Crippen LogP) is 3.71. The molecule has 0 N–H and O–H groups in total. The molecule has 1 saturated heterocycles. The van der Waals surface area contributed by atoms with Crippen molar-refractivity contribution in [2.24, 2.45) is 5.92 Å². The molecule has 0 aromatic carbocycles. The maximum Gasteiger partial charge on any atom is 0.233 e. The first-order chi connectivity index (χ1) is 11.3. The number of pyridine rings is 1. The summed E-state index contributed by atoms with van der Waals surface area (Å²) in [6.07, 6.45) is 12.5. The lowest BCUT2D eigenvalue weighted by Crippen LogP contribution is -2.23. The maximum atomic E-state index is 4.82. The number of fused-ring (bicyclic) bond motifs is 4. The molecule has 23 heavy (non-hydrogen) atoms. The molecule has 1 unspecified atom stereocenters. The number of hydrogen-bond acceptors (Lipinski definition) is 4. The van der Waals surface area contributed by atoms with Crippen LogP contribution in [0.1, 0.15) is 12.8 Å². The van der Waals surface area contributed by atoms with Crippen LogP contribution in [-0.2, 0) is 0 Å². The molecular formula is C17H14BrN5. The normalized spacial score (nSPS) is 20.3. The smallest absolute Gasteiger partial charge is 0.233 e. The molecule has 5 rings (SSSR count). The Hall–Kier alpha value is -2.21. The second-order valence-corrected chi connectivity index (χ2v) is 6.87. The molecule has 1 fully saturated rings. The monoisotopic (exact) mass is 367 g/mol. The number of hydrogen-bond donors (Lipinski definition) is 0. The van der Waals surface area contributed by atoms with E-state index in [1.54, 1.807) is 6.20 Å². The summed E-state index contributed by atoms with van der Waals surface area (Å²) in [6.45, 7) is 0.974. The lowest BCUT2D eigenvalue weighted by atomic mass is 9.97. The highest BCUT2D eigenvalue weighted by molar-refractivity contribution is 9.10. The van der Waals surface area contributed by atoms with Gasteiger partial charge in [0, 0.05) is 34.2 Å². The Labute approximate surface area is 141 Å². The van der Waals surface area contributed by atoms with E-state index in [-0.39, 0.29) is 0 Å². The molecule has 6 heteroatoms. The lowest BCUT2D eigenvalue weighted by molar-refractivity contribution is 0.646. The fraction of sp³-hybridized carbons (Fsp3) is 0.235. The van der Waals surface area contributed by atoms with Crippen LogP contribution < -0.4 is 4.90 Å². The minimum absolute atomic E-state index is 0.598. The van der Waals surface area contributed by atoms with Crippen LogP contribution in [0.4, 0.5) is 5.95 Å². The van der Waals surface area contributed by atoms with Gasteiger partial charge in [0.25, 0.3) is 0 Å². The van der Waals surface area contributed by atoms with Gasteiger partial charge in [-0.1, -0.05) is 12.2 Å². The Kier molecular flexibility index (Phi) is 2.82. The fourth-order valence-corrected chi connectivity index (χ4v) is 3.90. The number of anilines is 1. The highest BCUT2D eigenvalue weighted by Gasteiger charge is 2.31. The van der Waals surface area contributed by atoms with Gasteiger partial charge in [-0.15, -0.1) is 0 Å². The Bertz CT molecular complexity index is 987. The fourth-order valence-electron chi connectivity index (χ4n) is 3.56. The van der Waals surface area contributed by atoms with E-state index in [2.05, 4.69) is 49.1 Å². The quantitative estimate of drug-likeness (QED) is 0.657. The third-order valence-electron chi connectivity index (χ3n) is 4.64. The van der Waals surface area contributed by atoms with Gasteiger partial charge in [-0.2, -0.15) is 14.6 Å². The van der Waals surface area contributed by atoms with E-state index in [9.17, 15) is 0 Å². The number of allylic oxidation sites excluding steroid dienone is 4. The lowest BCUT2D eigenvalue weighted by Gasteiger charge is -2.23. The molecule has 3 aromatic rings. The molecule has 0 bridgehead atoms. The Morgan fingerprint density at radius 1 is 1.30 bits per heavy atom. The van der Waals surface area contributed by atoms with Gasteiger partial charge in [0.2, 0.25) is 5.95 Å². The van der Waals surface area contributed by atoms with Crippen LogP contribution in [0.25, 0.3) is 16.6 Å². The minimum Gasteiger partial charge on any atom is -0.314 e. The van der Waals surface area contributed by atoms with Gasteiger partial charge in [-0.05, 0) is 47.0 Å². The molecule has 4 heterocycles. The number of nitrogens with zero attached hydrogens (tertiary/aromatic N) is 5. The summed E-state index contributed by atoms with van der Waals surface area (Å²) < 4.78 is 2.88. The largest absolute Gasteiger partial charge is 0.314 e. The van der Waals surface area contributed by atoms with Crippen molar-refractivity contribution in [2.45, 2.75) is 12.8 Å². The van der Waals surface area contributed by atoms with Crippen molar-refractivity contribution in [3.63, 3.8) is 0 Å². The third-order valence-corrected chi connectivity index (χ3v) is 5.08. The van der Waals surface area contributed by atoms with Gasteiger partial charge in [0.15, 0.2) is 5.65 Å². The zero-order chi connectivity index (χ0) is 15.4. The average Bonchev–Trinajstić information content (AvgIpc) is 3.21. The summed E-state index contributed by atoms with van der Waals surface area (Å²) in [4.78, 5) is 11.6. The van der Waals surface area contributed by atoms with Crippen molar-refractivity contribution in [3.05, 3.63) is 52.9 Å². The molecule has 1 aliphatic heterocycles. The van der Waals surface area contributed by atoms with E-state index in [0.717, 1.165) is 46.4 Å². The molecule has 0 saturated carbocycles. The van der Waals surface area contributed by atoms with Crippen LogP contribution in [0, 0.1) is 5.92 Å². The number of aromatic nitrogens is 4. The van der Waals surface area contributed by atoms with E-state index in [4.69, 9.17) is 4.98 Å². The minimum atomic E-state index is 0.598. The van der Waals surface area contributed by atoms with E-state index in [0.29, 0.717) is 5.92 Å². The van der Waals surface area contributed by atoms with Gasteiger partial charge in [0.1, 0.15) is 0 Å². The second-order valence-electron chi connectivity index (χ2n) is 5.96. The Morgan fingerprint density at radius 2 is 2.26 bits per heavy atom. The van der Waals surface area contributed by atoms with Crippen molar-refractivity contribution >= 4 is 38.4 Å². The van der Waals surface area contributed by atoms with Gasteiger partial charge in [0.05, 0.1) is 11.7 Å². The number of rotatable bonds is 1. The first-order valence-corrected chi connectivity index (χ1v) is 8.54. The molecule has 2 aliphatic rings. The van der Waals surface area contributed by atoms with Crippen LogP contribution >= 0.6 is 15.9 Å². The zero-order valence-electron chi connectivity index (χ0n) is 12.4. The van der Waals surface area contributed by atoms with Crippen molar-refractivity contribution in [1.29, 1.82) is 0 Å². The van der Waals surface area contributed by atoms with Crippen LogP contribution in [0.2, 0.25) is 0 Å². The predicted molar refractivity (Wildman–Crippen MR) is 93.3 cm³/mol. The van der Waals surface area contributed by atoms with Crippen LogP contribution in [0.3, 0.4) is 0 Å². The van der Waals surface area contributed by atoms with Gasteiger partial charge in [-0.25, -0.2) is 4.98 Å². The molecule has 0 radical (unpaired) electrons. The molecule has 5 nitrogen and oxygen atoms in total. The molecule has 1 atom stereocenters. The first-order valence-electron chi connectivity index (χ1n) is 7.74. The van der Waals surface area contributed by atoms with Gasteiger partial charge >= 0.3 is 0 Å². The summed E-state index contributed by atoms with van der Waals surface area (Å²) >= 11 is 3.49. The molecule has 1 aliphatic carbocycles. The number of halogens is 1. The summed E-state index contributed by atoms with van der Waals surface area (Å²) in [6, 6.07) is 4.07. The zero-order valence-corrected chi connectivity index (χ0v) is 13.9. The van der Waals surface area contributed by atoms with Crippen LogP contribution in [-0.4, -0.2) is 26.1 Å². The maximum absolute atomic E-state index is 4.82.